The molecule has 1 saturated carbocycles. The molecule has 0 radical (unpaired) electrons. The minimum absolute atomic E-state index is 0.194. The molecule has 1 rings (SSSR count). The number of halogens is 1. The van der Waals surface area contributed by atoms with Crippen molar-refractivity contribution in [1.29, 1.82) is 0 Å². The summed E-state index contributed by atoms with van der Waals surface area (Å²) in [6.07, 6.45) is 5.13. The van der Waals surface area contributed by atoms with Gasteiger partial charge in [-0.2, -0.15) is 0 Å². The summed E-state index contributed by atoms with van der Waals surface area (Å²) >= 11 is 2.43. The Balaban J connectivity index is 2.24. The first-order valence-corrected chi connectivity index (χ1v) is 6.04. The summed E-state index contributed by atoms with van der Waals surface area (Å²) in [4.78, 5) is 0. The molecule has 0 heterocycles. The number of alkyl halides is 1. The van der Waals surface area contributed by atoms with Crippen molar-refractivity contribution in [1.82, 2.24) is 0 Å². The fourth-order valence-corrected chi connectivity index (χ4v) is 2.66. The maximum atomic E-state index is 5.85. The van der Waals surface area contributed by atoms with Crippen LogP contribution in [0.25, 0.3) is 0 Å². The van der Waals surface area contributed by atoms with Gasteiger partial charge in [-0.05, 0) is 12.8 Å². The minimum atomic E-state index is 0.194. The first kappa shape index (κ1) is 10.7. The van der Waals surface area contributed by atoms with Gasteiger partial charge < -0.3 is 9.47 Å². The SMILES string of the molecule is COCCOC1(CI)CCCC1. The van der Waals surface area contributed by atoms with Crippen molar-refractivity contribution >= 4 is 22.6 Å². The molecule has 0 N–H and O–H groups in total. The Morgan fingerprint density at radius 2 is 1.92 bits per heavy atom. The molecular formula is C9H17IO2. The molecule has 0 unspecified atom stereocenters. The first-order chi connectivity index (χ1) is 5.83. The van der Waals surface area contributed by atoms with Gasteiger partial charge in [-0.15, -0.1) is 0 Å². The van der Waals surface area contributed by atoms with Crippen molar-refractivity contribution in [3.8, 4) is 0 Å². The lowest BCUT2D eigenvalue weighted by Crippen LogP contribution is -2.32. The van der Waals surface area contributed by atoms with Crippen LogP contribution in [0.5, 0.6) is 0 Å². The third kappa shape index (κ3) is 2.85. The normalized spacial score (nSPS) is 21.5. The van der Waals surface area contributed by atoms with Crippen molar-refractivity contribution in [2.45, 2.75) is 31.3 Å². The molecule has 0 amide bonds. The maximum Gasteiger partial charge on any atom is 0.0772 e. The van der Waals surface area contributed by atoms with E-state index in [0.29, 0.717) is 0 Å². The summed E-state index contributed by atoms with van der Waals surface area (Å²) in [5.74, 6) is 0. The van der Waals surface area contributed by atoms with Crippen molar-refractivity contribution in [2.75, 3.05) is 24.8 Å². The molecule has 72 valence electrons. The van der Waals surface area contributed by atoms with Crippen LogP contribution in [0.2, 0.25) is 0 Å². The van der Waals surface area contributed by atoms with Crippen molar-refractivity contribution in [3.63, 3.8) is 0 Å². The van der Waals surface area contributed by atoms with Gasteiger partial charge in [0.1, 0.15) is 0 Å². The second kappa shape index (κ2) is 5.40. The Morgan fingerprint density at radius 1 is 1.25 bits per heavy atom. The predicted molar refractivity (Wildman–Crippen MR) is 57.9 cm³/mol. The highest BCUT2D eigenvalue weighted by atomic mass is 127. The molecule has 0 aromatic carbocycles. The Kier molecular flexibility index (Phi) is 4.82. The van der Waals surface area contributed by atoms with E-state index in [1.54, 1.807) is 7.11 Å². The molecule has 2 nitrogen and oxygen atoms in total. The molecule has 12 heavy (non-hydrogen) atoms. The molecule has 3 heteroatoms. The van der Waals surface area contributed by atoms with Crippen LogP contribution in [0.3, 0.4) is 0 Å². The third-order valence-corrected chi connectivity index (χ3v) is 3.84. The number of hydrogen-bond donors (Lipinski definition) is 0. The van der Waals surface area contributed by atoms with Crippen LogP contribution in [0.4, 0.5) is 0 Å². The van der Waals surface area contributed by atoms with Crippen LogP contribution in [0.1, 0.15) is 25.7 Å². The monoisotopic (exact) mass is 284 g/mol. The van der Waals surface area contributed by atoms with E-state index in [9.17, 15) is 0 Å². The highest BCUT2D eigenvalue weighted by molar-refractivity contribution is 14.1. The number of rotatable bonds is 5. The lowest BCUT2D eigenvalue weighted by atomic mass is 10.1. The zero-order valence-electron chi connectivity index (χ0n) is 7.64. The van der Waals surface area contributed by atoms with Crippen LogP contribution in [0, 0.1) is 0 Å². The van der Waals surface area contributed by atoms with Crippen molar-refractivity contribution < 1.29 is 9.47 Å². The standard InChI is InChI=1S/C9H17IO2/c1-11-6-7-12-9(8-10)4-2-3-5-9/h2-8H2,1H3. The average Bonchev–Trinajstić information content (AvgIpc) is 2.55. The van der Waals surface area contributed by atoms with Crippen molar-refractivity contribution in [2.24, 2.45) is 0 Å². The fraction of sp³-hybridized carbons (Fsp3) is 1.00. The molecular weight excluding hydrogens is 267 g/mol. The van der Waals surface area contributed by atoms with E-state index in [2.05, 4.69) is 22.6 Å². The summed E-state index contributed by atoms with van der Waals surface area (Å²) in [5, 5.41) is 0. The van der Waals surface area contributed by atoms with E-state index in [-0.39, 0.29) is 5.60 Å². The lowest BCUT2D eigenvalue weighted by molar-refractivity contribution is -0.0411. The number of methoxy groups -OCH3 is 1. The zero-order valence-corrected chi connectivity index (χ0v) is 9.80. The van der Waals surface area contributed by atoms with Gasteiger partial charge in [-0.25, -0.2) is 0 Å². The van der Waals surface area contributed by atoms with E-state index >= 15 is 0 Å². The van der Waals surface area contributed by atoms with Gasteiger partial charge in [0.25, 0.3) is 0 Å². The van der Waals surface area contributed by atoms with Gasteiger partial charge in [-0.1, -0.05) is 35.4 Å². The molecule has 0 saturated heterocycles. The lowest BCUT2D eigenvalue weighted by Gasteiger charge is -2.26. The van der Waals surface area contributed by atoms with Gasteiger partial charge in [0.15, 0.2) is 0 Å². The van der Waals surface area contributed by atoms with Crippen LogP contribution < -0.4 is 0 Å². The fourth-order valence-electron chi connectivity index (χ4n) is 1.68. The van der Waals surface area contributed by atoms with Gasteiger partial charge in [0.2, 0.25) is 0 Å². The second-order valence-corrected chi connectivity index (χ2v) is 4.13. The predicted octanol–water partition coefficient (Wildman–Crippen LogP) is 2.40. The topological polar surface area (TPSA) is 18.5 Å². The Labute approximate surface area is 88.1 Å². The van der Waals surface area contributed by atoms with Crippen LogP contribution in [-0.2, 0) is 9.47 Å². The van der Waals surface area contributed by atoms with E-state index in [1.807, 2.05) is 0 Å². The zero-order chi connectivity index (χ0) is 8.86. The Morgan fingerprint density at radius 3 is 2.42 bits per heavy atom. The largest absolute Gasteiger partial charge is 0.382 e. The Bertz CT molecular complexity index is 122. The van der Waals surface area contributed by atoms with Crippen LogP contribution in [0.15, 0.2) is 0 Å². The quantitative estimate of drug-likeness (QED) is 0.438. The van der Waals surface area contributed by atoms with Crippen LogP contribution in [-0.4, -0.2) is 30.4 Å². The maximum absolute atomic E-state index is 5.85. The molecule has 1 fully saturated rings. The van der Waals surface area contributed by atoms with Crippen LogP contribution >= 0.6 is 22.6 Å². The summed E-state index contributed by atoms with van der Waals surface area (Å²) in [7, 11) is 1.72. The number of hydrogen-bond acceptors (Lipinski definition) is 2. The third-order valence-electron chi connectivity index (χ3n) is 2.45. The molecule has 1 aliphatic carbocycles. The number of ether oxygens (including phenoxy) is 2. The van der Waals surface area contributed by atoms with E-state index in [4.69, 9.17) is 9.47 Å². The van der Waals surface area contributed by atoms with Gasteiger partial charge in [0.05, 0.1) is 18.8 Å². The molecule has 0 atom stereocenters. The molecule has 0 spiro atoms. The molecule has 0 bridgehead atoms. The second-order valence-electron chi connectivity index (χ2n) is 3.37. The average molecular weight is 284 g/mol. The first-order valence-electron chi connectivity index (χ1n) is 4.52. The van der Waals surface area contributed by atoms with Gasteiger partial charge >= 0.3 is 0 Å². The summed E-state index contributed by atoms with van der Waals surface area (Å²) in [6.45, 7) is 1.47. The van der Waals surface area contributed by atoms with E-state index in [1.165, 1.54) is 25.7 Å². The van der Waals surface area contributed by atoms with E-state index in [0.717, 1.165) is 17.6 Å². The minimum Gasteiger partial charge on any atom is -0.382 e. The van der Waals surface area contributed by atoms with Crippen molar-refractivity contribution in [3.05, 3.63) is 0 Å². The summed E-state index contributed by atoms with van der Waals surface area (Å²) < 4.78 is 11.9. The van der Waals surface area contributed by atoms with Gasteiger partial charge in [0, 0.05) is 11.5 Å². The highest BCUT2D eigenvalue weighted by Gasteiger charge is 2.33. The van der Waals surface area contributed by atoms with E-state index < -0.39 is 0 Å². The molecule has 0 aromatic rings. The summed E-state index contributed by atoms with van der Waals surface area (Å²) in [5.41, 5.74) is 0.194. The Hall–Kier alpha value is 0.650. The molecule has 0 aliphatic heterocycles. The molecule has 0 aromatic heterocycles. The van der Waals surface area contributed by atoms with Gasteiger partial charge in [-0.3, -0.25) is 0 Å². The highest BCUT2D eigenvalue weighted by Crippen LogP contribution is 2.34. The molecule has 1 aliphatic rings. The summed E-state index contributed by atoms with van der Waals surface area (Å²) in [6, 6.07) is 0. The smallest absolute Gasteiger partial charge is 0.0772 e.